The number of pyridine rings is 1. The number of nitrogens with zero attached hydrogens (tertiary/aromatic N) is 1. The number of hydrogen-bond donors (Lipinski definition) is 2. The Kier molecular flexibility index (Phi) is 4.83. The van der Waals surface area contributed by atoms with Gasteiger partial charge in [0.05, 0.1) is 0 Å². The molecule has 0 spiro atoms. The Hall–Kier alpha value is -1.44. The minimum atomic E-state index is -4.59. The highest BCUT2D eigenvalue weighted by molar-refractivity contribution is 7.98. The number of carbonyl (C=O) groups is 1. The maximum atomic E-state index is 12.4. The fraction of sp³-hybridized carbons (Fsp3) is 0.400. The van der Waals surface area contributed by atoms with Gasteiger partial charge in [-0.05, 0) is 18.4 Å². The molecular weight excluding hydrogens is 269 g/mol. The third kappa shape index (κ3) is 3.80. The molecule has 1 heterocycles. The molecule has 0 unspecified atom stereocenters. The molecule has 1 aromatic rings. The standard InChI is InChI=1S/C10H11F3N2O2S/c1-18-5-4-14-8-6(9(16)17)2-3-7(15-8)10(11,12)13/h2-3H,4-5H2,1H3,(H,14,15)(H,16,17). The average Bonchev–Trinajstić information content (AvgIpc) is 2.27. The molecule has 18 heavy (non-hydrogen) atoms. The Balaban J connectivity index is 3.04. The van der Waals surface area contributed by atoms with Gasteiger partial charge in [-0.2, -0.15) is 24.9 Å². The summed E-state index contributed by atoms with van der Waals surface area (Å²) in [5.74, 6) is -0.939. The van der Waals surface area contributed by atoms with Crippen molar-refractivity contribution in [2.75, 3.05) is 23.9 Å². The maximum Gasteiger partial charge on any atom is 0.433 e. The van der Waals surface area contributed by atoms with Crippen LogP contribution in [0.25, 0.3) is 0 Å². The van der Waals surface area contributed by atoms with Crippen LogP contribution in [0.1, 0.15) is 16.1 Å². The lowest BCUT2D eigenvalue weighted by molar-refractivity contribution is -0.141. The summed E-state index contributed by atoms with van der Waals surface area (Å²) < 4.78 is 37.3. The normalized spacial score (nSPS) is 11.3. The van der Waals surface area contributed by atoms with Gasteiger partial charge >= 0.3 is 12.1 Å². The number of aromatic carboxylic acids is 1. The monoisotopic (exact) mass is 280 g/mol. The molecule has 0 aliphatic carbocycles. The molecule has 0 radical (unpaired) electrons. The Morgan fingerprint density at radius 1 is 1.50 bits per heavy atom. The molecule has 0 saturated carbocycles. The van der Waals surface area contributed by atoms with Gasteiger partial charge in [-0.3, -0.25) is 0 Å². The Labute approximate surface area is 106 Å². The topological polar surface area (TPSA) is 62.2 Å². The SMILES string of the molecule is CSCCNc1nc(C(F)(F)F)ccc1C(=O)O. The van der Waals surface area contributed by atoms with Crippen molar-refractivity contribution in [1.82, 2.24) is 4.98 Å². The van der Waals surface area contributed by atoms with E-state index in [1.807, 2.05) is 6.26 Å². The third-order valence-electron chi connectivity index (χ3n) is 2.01. The number of carboxylic acids is 1. The van der Waals surface area contributed by atoms with Gasteiger partial charge in [-0.1, -0.05) is 0 Å². The number of hydrogen-bond acceptors (Lipinski definition) is 4. The van der Waals surface area contributed by atoms with Gasteiger partial charge in [0.25, 0.3) is 0 Å². The quantitative estimate of drug-likeness (QED) is 0.812. The van der Waals surface area contributed by atoms with Crippen molar-refractivity contribution in [3.63, 3.8) is 0 Å². The summed E-state index contributed by atoms with van der Waals surface area (Å²) in [7, 11) is 0. The number of carboxylic acid groups (broad SMARTS) is 1. The van der Waals surface area contributed by atoms with Crippen molar-refractivity contribution in [1.29, 1.82) is 0 Å². The highest BCUT2D eigenvalue weighted by Gasteiger charge is 2.33. The van der Waals surface area contributed by atoms with Crippen LogP contribution in [-0.4, -0.2) is 34.6 Å². The smallest absolute Gasteiger partial charge is 0.433 e. The van der Waals surface area contributed by atoms with Gasteiger partial charge in [0.15, 0.2) is 0 Å². The number of anilines is 1. The van der Waals surface area contributed by atoms with Gasteiger partial charge in [0.2, 0.25) is 0 Å². The van der Waals surface area contributed by atoms with E-state index in [-0.39, 0.29) is 11.4 Å². The van der Waals surface area contributed by atoms with Crippen molar-refractivity contribution in [3.8, 4) is 0 Å². The molecule has 8 heteroatoms. The van der Waals surface area contributed by atoms with E-state index in [2.05, 4.69) is 10.3 Å². The van der Waals surface area contributed by atoms with E-state index in [0.29, 0.717) is 18.4 Å². The van der Waals surface area contributed by atoms with E-state index in [9.17, 15) is 18.0 Å². The Morgan fingerprint density at radius 3 is 2.67 bits per heavy atom. The van der Waals surface area contributed by atoms with Crippen molar-refractivity contribution in [2.24, 2.45) is 0 Å². The number of aromatic nitrogens is 1. The van der Waals surface area contributed by atoms with E-state index in [1.165, 1.54) is 11.8 Å². The molecule has 0 saturated heterocycles. The molecule has 0 aliphatic rings. The molecule has 0 aromatic carbocycles. The second kappa shape index (κ2) is 5.94. The zero-order valence-electron chi connectivity index (χ0n) is 9.41. The van der Waals surface area contributed by atoms with Gasteiger partial charge in [-0.25, -0.2) is 9.78 Å². The Bertz CT molecular complexity index is 438. The number of halogens is 3. The lowest BCUT2D eigenvalue weighted by atomic mass is 10.2. The molecule has 1 rings (SSSR count). The highest BCUT2D eigenvalue weighted by Crippen LogP contribution is 2.29. The third-order valence-corrected chi connectivity index (χ3v) is 2.63. The predicted molar refractivity (Wildman–Crippen MR) is 63.1 cm³/mol. The zero-order chi connectivity index (χ0) is 13.8. The summed E-state index contributed by atoms with van der Waals surface area (Å²) >= 11 is 1.48. The number of rotatable bonds is 5. The minimum absolute atomic E-state index is 0.258. The molecule has 4 nitrogen and oxygen atoms in total. The number of nitrogens with one attached hydrogen (secondary N) is 1. The first-order valence-electron chi connectivity index (χ1n) is 4.90. The summed E-state index contributed by atoms with van der Waals surface area (Å²) in [6.45, 7) is 0.343. The van der Waals surface area contributed by atoms with Gasteiger partial charge in [-0.15, -0.1) is 0 Å². The van der Waals surface area contributed by atoms with E-state index in [0.717, 1.165) is 6.07 Å². The Morgan fingerprint density at radius 2 is 2.17 bits per heavy atom. The largest absolute Gasteiger partial charge is 0.478 e. The van der Waals surface area contributed by atoms with Crippen molar-refractivity contribution < 1.29 is 23.1 Å². The van der Waals surface area contributed by atoms with Crippen LogP contribution in [0.15, 0.2) is 12.1 Å². The molecule has 0 bridgehead atoms. The highest BCUT2D eigenvalue weighted by atomic mass is 32.2. The van der Waals surface area contributed by atoms with Crippen molar-refractivity contribution in [3.05, 3.63) is 23.4 Å². The van der Waals surface area contributed by atoms with Crippen LogP contribution in [0.3, 0.4) is 0 Å². The molecule has 0 amide bonds. The van der Waals surface area contributed by atoms with E-state index in [1.54, 1.807) is 0 Å². The van der Waals surface area contributed by atoms with Crippen LogP contribution in [-0.2, 0) is 6.18 Å². The second-order valence-corrected chi connectivity index (χ2v) is 4.30. The molecule has 100 valence electrons. The summed E-state index contributed by atoms with van der Waals surface area (Å²) in [5, 5.41) is 11.4. The molecule has 0 atom stereocenters. The molecule has 0 fully saturated rings. The van der Waals surface area contributed by atoms with Crippen LogP contribution in [0.5, 0.6) is 0 Å². The molecule has 0 aliphatic heterocycles. The fourth-order valence-electron chi connectivity index (χ4n) is 1.20. The van der Waals surface area contributed by atoms with Crippen molar-refractivity contribution in [2.45, 2.75) is 6.18 Å². The van der Waals surface area contributed by atoms with E-state index in [4.69, 9.17) is 5.11 Å². The van der Waals surface area contributed by atoms with Crippen LogP contribution in [0.4, 0.5) is 19.0 Å². The average molecular weight is 280 g/mol. The van der Waals surface area contributed by atoms with Crippen LogP contribution in [0, 0.1) is 0 Å². The van der Waals surface area contributed by atoms with Crippen LogP contribution in [0.2, 0.25) is 0 Å². The first-order valence-corrected chi connectivity index (χ1v) is 6.30. The number of thioether (sulfide) groups is 1. The molecule has 2 N–H and O–H groups in total. The predicted octanol–water partition coefficient (Wildman–Crippen LogP) is 2.57. The van der Waals surface area contributed by atoms with Crippen LogP contribution < -0.4 is 5.32 Å². The van der Waals surface area contributed by atoms with Crippen molar-refractivity contribution >= 4 is 23.5 Å². The lowest BCUT2D eigenvalue weighted by Gasteiger charge is -2.11. The molecular formula is C10H11F3N2O2S. The van der Waals surface area contributed by atoms with Gasteiger partial charge in [0.1, 0.15) is 17.1 Å². The van der Waals surface area contributed by atoms with E-state index < -0.39 is 17.8 Å². The van der Waals surface area contributed by atoms with E-state index >= 15 is 0 Å². The minimum Gasteiger partial charge on any atom is -0.478 e. The molecule has 1 aromatic heterocycles. The second-order valence-electron chi connectivity index (χ2n) is 3.32. The summed E-state index contributed by atoms with van der Waals surface area (Å²) in [6.07, 6.45) is -2.76. The summed E-state index contributed by atoms with van der Waals surface area (Å²) in [5.41, 5.74) is -1.39. The first kappa shape index (κ1) is 14.6. The van der Waals surface area contributed by atoms with Gasteiger partial charge in [0, 0.05) is 12.3 Å². The summed E-state index contributed by atoms with van der Waals surface area (Å²) in [4.78, 5) is 14.2. The first-order chi connectivity index (χ1) is 8.36. The number of alkyl halides is 3. The lowest BCUT2D eigenvalue weighted by Crippen LogP contribution is -2.15. The zero-order valence-corrected chi connectivity index (χ0v) is 10.2. The van der Waals surface area contributed by atoms with Gasteiger partial charge < -0.3 is 10.4 Å². The summed E-state index contributed by atoms with van der Waals surface area (Å²) in [6, 6.07) is 1.56. The maximum absolute atomic E-state index is 12.4. The fourth-order valence-corrected chi connectivity index (χ4v) is 1.50. The van der Waals surface area contributed by atoms with Crippen LogP contribution >= 0.6 is 11.8 Å².